The van der Waals surface area contributed by atoms with Crippen molar-refractivity contribution in [2.45, 2.75) is 19.9 Å². The molecular weight excluding hydrogens is 294 g/mol. The van der Waals surface area contributed by atoms with Crippen LogP contribution in [0.15, 0.2) is 41.2 Å². The average Bonchev–Trinajstić information content (AvgIpc) is 2.49. The number of benzene rings is 1. The standard InChI is InChI=1S/C17H19N3O3/c1-11-7-5-6-8-13(11)14-9-10-15(22)20(18-14)16(12(2)21)17(23)19(3)4/h5-10,16H,1-4H3/t16-/m0/s1. The van der Waals surface area contributed by atoms with Crippen molar-refractivity contribution in [2.75, 3.05) is 14.1 Å². The third-order valence-electron chi connectivity index (χ3n) is 3.55. The van der Waals surface area contributed by atoms with Gasteiger partial charge < -0.3 is 4.90 Å². The normalized spacial score (nSPS) is 11.8. The van der Waals surface area contributed by atoms with Gasteiger partial charge in [0.05, 0.1) is 5.69 Å². The third kappa shape index (κ3) is 3.36. The van der Waals surface area contributed by atoms with Crippen LogP contribution in [0.4, 0.5) is 0 Å². The minimum atomic E-state index is -1.25. The molecule has 0 saturated carbocycles. The zero-order chi connectivity index (χ0) is 17.1. The zero-order valence-corrected chi connectivity index (χ0v) is 13.6. The Kier molecular flexibility index (Phi) is 4.74. The van der Waals surface area contributed by atoms with Gasteiger partial charge in [0.1, 0.15) is 0 Å². The van der Waals surface area contributed by atoms with Gasteiger partial charge in [-0.05, 0) is 25.5 Å². The van der Waals surface area contributed by atoms with Crippen molar-refractivity contribution in [3.05, 3.63) is 52.3 Å². The molecule has 0 aliphatic heterocycles. The lowest BCUT2D eigenvalue weighted by Gasteiger charge is -2.20. The van der Waals surface area contributed by atoms with Gasteiger partial charge in [0.2, 0.25) is 0 Å². The first-order valence-corrected chi connectivity index (χ1v) is 7.20. The van der Waals surface area contributed by atoms with Crippen LogP contribution in [0.1, 0.15) is 18.5 Å². The van der Waals surface area contributed by atoms with E-state index in [0.717, 1.165) is 15.8 Å². The van der Waals surface area contributed by atoms with E-state index in [2.05, 4.69) is 5.10 Å². The van der Waals surface area contributed by atoms with Crippen molar-refractivity contribution >= 4 is 11.7 Å². The predicted molar refractivity (Wildman–Crippen MR) is 87.1 cm³/mol. The number of aryl methyl sites for hydroxylation is 1. The summed E-state index contributed by atoms with van der Waals surface area (Å²) in [4.78, 5) is 37.6. The summed E-state index contributed by atoms with van der Waals surface area (Å²) in [5.41, 5.74) is 1.89. The number of hydrogen-bond acceptors (Lipinski definition) is 4. The van der Waals surface area contributed by atoms with Crippen LogP contribution in [0.2, 0.25) is 0 Å². The van der Waals surface area contributed by atoms with Gasteiger partial charge in [-0.25, -0.2) is 4.68 Å². The van der Waals surface area contributed by atoms with Gasteiger partial charge in [-0.3, -0.25) is 14.4 Å². The van der Waals surface area contributed by atoms with Crippen molar-refractivity contribution in [1.29, 1.82) is 0 Å². The summed E-state index contributed by atoms with van der Waals surface area (Å²) >= 11 is 0. The monoisotopic (exact) mass is 313 g/mol. The van der Waals surface area contributed by atoms with Crippen LogP contribution in [-0.4, -0.2) is 40.5 Å². The Labute approximate surface area is 134 Å². The fourth-order valence-corrected chi connectivity index (χ4v) is 2.31. The number of amides is 1. The topological polar surface area (TPSA) is 72.3 Å². The molecule has 2 aromatic rings. The number of carbonyl (C=O) groups is 2. The molecule has 1 aromatic heterocycles. The van der Waals surface area contributed by atoms with Crippen LogP contribution < -0.4 is 5.56 Å². The van der Waals surface area contributed by atoms with E-state index in [9.17, 15) is 14.4 Å². The fourth-order valence-electron chi connectivity index (χ4n) is 2.31. The highest BCUT2D eigenvalue weighted by Gasteiger charge is 2.29. The van der Waals surface area contributed by atoms with Crippen LogP contribution in [-0.2, 0) is 9.59 Å². The molecule has 0 fully saturated rings. The van der Waals surface area contributed by atoms with Gasteiger partial charge in [-0.1, -0.05) is 24.3 Å². The quantitative estimate of drug-likeness (QED) is 0.801. The van der Waals surface area contributed by atoms with E-state index >= 15 is 0 Å². The van der Waals surface area contributed by atoms with Crippen LogP contribution >= 0.6 is 0 Å². The maximum Gasteiger partial charge on any atom is 0.267 e. The van der Waals surface area contributed by atoms with E-state index < -0.39 is 23.3 Å². The average molecular weight is 313 g/mol. The summed E-state index contributed by atoms with van der Waals surface area (Å²) in [7, 11) is 3.07. The molecule has 0 bridgehead atoms. The minimum Gasteiger partial charge on any atom is -0.347 e. The smallest absolute Gasteiger partial charge is 0.267 e. The molecule has 1 amide bonds. The fraction of sp³-hybridized carbons (Fsp3) is 0.294. The first-order chi connectivity index (χ1) is 10.8. The van der Waals surface area contributed by atoms with Crippen LogP contribution in [0.25, 0.3) is 11.3 Å². The van der Waals surface area contributed by atoms with Crippen molar-refractivity contribution < 1.29 is 9.59 Å². The highest BCUT2D eigenvalue weighted by Crippen LogP contribution is 2.20. The second kappa shape index (κ2) is 6.56. The number of carbonyl (C=O) groups excluding carboxylic acids is 2. The van der Waals surface area contributed by atoms with Gasteiger partial charge in [0, 0.05) is 25.7 Å². The lowest BCUT2D eigenvalue weighted by Crippen LogP contribution is -2.41. The lowest BCUT2D eigenvalue weighted by atomic mass is 10.1. The summed E-state index contributed by atoms with van der Waals surface area (Å²) in [6, 6.07) is 9.26. The first-order valence-electron chi connectivity index (χ1n) is 7.20. The highest BCUT2D eigenvalue weighted by molar-refractivity contribution is 6.02. The summed E-state index contributed by atoms with van der Waals surface area (Å²) in [6.45, 7) is 3.21. The maximum absolute atomic E-state index is 12.3. The van der Waals surface area contributed by atoms with Gasteiger partial charge >= 0.3 is 0 Å². The van der Waals surface area contributed by atoms with Crippen LogP contribution in [0, 0.1) is 6.92 Å². The zero-order valence-electron chi connectivity index (χ0n) is 13.6. The number of nitrogens with zero attached hydrogens (tertiary/aromatic N) is 3. The van der Waals surface area contributed by atoms with Gasteiger partial charge in [-0.2, -0.15) is 5.10 Å². The number of rotatable bonds is 4. The molecule has 0 saturated heterocycles. The molecule has 23 heavy (non-hydrogen) atoms. The SMILES string of the molecule is CC(=O)[C@@H](C(=O)N(C)C)n1nc(-c2ccccc2C)ccc1=O. The lowest BCUT2D eigenvalue weighted by molar-refractivity contribution is -0.138. The van der Waals surface area contributed by atoms with E-state index in [1.807, 2.05) is 31.2 Å². The number of likely N-dealkylation sites (N-methyl/N-ethyl adjacent to an activating group) is 1. The molecule has 0 spiro atoms. The minimum absolute atomic E-state index is 0.430. The summed E-state index contributed by atoms with van der Waals surface area (Å²) in [6.07, 6.45) is 0. The van der Waals surface area contributed by atoms with Gasteiger partial charge in [0.25, 0.3) is 11.5 Å². The van der Waals surface area contributed by atoms with E-state index in [1.165, 1.54) is 32.0 Å². The Morgan fingerprint density at radius 1 is 1.13 bits per heavy atom. The van der Waals surface area contributed by atoms with Crippen molar-refractivity contribution in [3.63, 3.8) is 0 Å². The molecule has 0 radical (unpaired) electrons. The molecule has 1 atom stereocenters. The number of Topliss-reactive ketones (excluding diaryl/α,β-unsaturated/α-hetero) is 1. The maximum atomic E-state index is 12.3. The Balaban J connectivity index is 2.61. The van der Waals surface area contributed by atoms with E-state index in [0.29, 0.717) is 5.69 Å². The Morgan fingerprint density at radius 2 is 1.78 bits per heavy atom. The second-order valence-corrected chi connectivity index (χ2v) is 5.56. The molecule has 6 nitrogen and oxygen atoms in total. The predicted octanol–water partition coefficient (Wildman–Crippen LogP) is 1.44. The van der Waals surface area contributed by atoms with Crippen LogP contribution in [0.3, 0.4) is 0 Å². The molecular formula is C17H19N3O3. The molecule has 1 heterocycles. The summed E-state index contributed by atoms with van der Waals surface area (Å²) < 4.78 is 0.965. The first kappa shape index (κ1) is 16.6. The molecule has 6 heteroatoms. The number of ketones is 1. The third-order valence-corrected chi connectivity index (χ3v) is 3.55. The van der Waals surface area contributed by atoms with Crippen molar-refractivity contribution in [1.82, 2.24) is 14.7 Å². The van der Waals surface area contributed by atoms with Crippen molar-refractivity contribution in [3.8, 4) is 11.3 Å². The number of hydrogen-bond donors (Lipinski definition) is 0. The largest absolute Gasteiger partial charge is 0.347 e. The van der Waals surface area contributed by atoms with E-state index in [4.69, 9.17) is 0 Å². The molecule has 0 aliphatic rings. The van der Waals surface area contributed by atoms with Crippen LogP contribution in [0.5, 0.6) is 0 Å². The molecule has 1 aromatic carbocycles. The molecule has 120 valence electrons. The Hall–Kier alpha value is -2.76. The molecule has 0 aliphatic carbocycles. The van der Waals surface area contributed by atoms with E-state index in [-0.39, 0.29) is 0 Å². The molecule has 0 unspecified atom stereocenters. The number of aromatic nitrogens is 2. The van der Waals surface area contributed by atoms with Crippen molar-refractivity contribution in [2.24, 2.45) is 0 Å². The Bertz CT molecular complexity index is 809. The van der Waals surface area contributed by atoms with E-state index in [1.54, 1.807) is 6.07 Å². The molecule has 0 N–H and O–H groups in total. The van der Waals surface area contributed by atoms with Gasteiger partial charge in [-0.15, -0.1) is 0 Å². The Morgan fingerprint density at radius 3 is 2.35 bits per heavy atom. The second-order valence-electron chi connectivity index (χ2n) is 5.56. The van der Waals surface area contributed by atoms with Gasteiger partial charge in [0.15, 0.2) is 11.8 Å². The summed E-state index contributed by atoms with van der Waals surface area (Å²) in [5, 5.41) is 4.26. The summed E-state index contributed by atoms with van der Waals surface area (Å²) in [5.74, 6) is -0.908. The highest BCUT2D eigenvalue weighted by atomic mass is 16.2. The molecule has 2 rings (SSSR count).